The maximum absolute atomic E-state index is 5.26. The van der Waals surface area contributed by atoms with Gasteiger partial charge < -0.3 is 19.7 Å². The second-order valence-electron chi connectivity index (χ2n) is 5.16. The molecule has 0 aromatic heterocycles. The second kappa shape index (κ2) is 10.6. The molecule has 120 valence electrons. The van der Waals surface area contributed by atoms with Gasteiger partial charge in [0.15, 0.2) is 0 Å². The van der Waals surface area contributed by atoms with Crippen LogP contribution in [0.15, 0.2) is 24.3 Å². The summed E-state index contributed by atoms with van der Waals surface area (Å²) in [4.78, 5) is 2.39. The highest BCUT2D eigenvalue weighted by atomic mass is 16.5. The third-order valence-electron chi connectivity index (χ3n) is 3.60. The van der Waals surface area contributed by atoms with Gasteiger partial charge in [-0.1, -0.05) is 25.1 Å². The summed E-state index contributed by atoms with van der Waals surface area (Å²) in [5.74, 6) is 0. The highest BCUT2D eigenvalue weighted by Crippen LogP contribution is 2.26. The molecule has 0 spiro atoms. The lowest BCUT2D eigenvalue weighted by Crippen LogP contribution is -2.31. The maximum atomic E-state index is 5.26. The lowest BCUT2D eigenvalue weighted by atomic mass is 10.0. The van der Waals surface area contributed by atoms with Gasteiger partial charge in [-0.15, -0.1) is 0 Å². The number of nitrogens with zero attached hydrogens (tertiary/aromatic N) is 1. The number of ether oxygens (including phenoxy) is 2. The molecule has 0 bridgehead atoms. The smallest absolute Gasteiger partial charge is 0.0637 e. The Balaban J connectivity index is 2.88. The second-order valence-corrected chi connectivity index (χ2v) is 5.16. The maximum Gasteiger partial charge on any atom is 0.0637 e. The lowest BCUT2D eigenvalue weighted by Gasteiger charge is -2.29. The summed E-state index contributed by atoms with van der Waals surface area (Å²) in [7, 11) is 3.50. The third kappa shape index (κ3) is 6.04. The molecule has 0 aliphatic rings. The van der Waals surface area contributed by atoms with Crippen LogP contribution in [0.2, 0.25) is 0 Å². The predicted octanol–water partition coefficient (Wildman–Crippen LogP) is 2.85. The number of anilines is 1. The summed E-state index contributed by atoms with van der Waals surface area (Å²) in [5, 5.41) is 3.50. The van der Waals surface area contributed by atoms with E-state index in [1.54, 1.807) is 14.2 Å². The zero-order valence-electron chi connectivity index (χ0n) is 13.9. The van der Waals surface area contributed by atoms with Crippen molar-refractivity contribution in [1.82, 2.24) is 5.32 Å². The lowest BCUT2D eigenvalue weighted by molar-refractivity contribution is 0.191. The Morgan fingerprint density at radius 1 is 1.10 bits per heavy atom. The van der Waals surface area contributed by atoms with E-state index in [9.17, 15) is 0 Å². The first-order valence-electron chi connectivity index (χ1n) is 7.79. The van der Waals surface area contributed by atoms with Crippen LogP contribution in [0.25, 0.3) is 0 Å². The summed E-state index contributed by atoms with van der Waals surface area (Å²) in [6.07, 6.45) is 1.02. The van der Waals surface area contributed by atoms with Crippen molar-refractivity contribution in [2.75, 3.05) is 52.0 Å². The van der Waals surface area contributed by atoms with Crippen LogP contribution >= 0.6 is 0 Å². The Labute approximate surface area is 129 Å². The first-order valence-corrected chi connectivity index (χ1v) is 7.79. The van der Waals surface area contributed by atoms with E-state index < -0.39 is 0 Å². The highest BCUT2D eigenvalue weighted by molar-refractivity contribution is 5.55. The number of nitrogens with one attached hydrogen (secondary N) is 1. The molecule has 0 amide bonds. The Bertz CT molecular complexity index is 385. The first kappa shape index (κ1) is 18.0. The van der Waals surface area contributed by atoms with Gasteiger partial charge >= 0.3 is 0 Å². The Kier molecular flexibility index (Phi) is 9.06. The van der Waals surface area contributed by atoms with Crippen molar-refractivity contribution >= 4 is 5.69 Å². The number of hydrogen-bond donors (Lipinski definition) is 1. The average Bonchev–Trinajstić information content (AvgIpc) is 2.51. The fourth-order valence-corrected chi connectivity index (χ4v) is 2.51. The van der Waals surface area contributed by atoms with E-state index in [1.807, 2.05) is 0 Å². The van der Waals surface area contributed by atoms with Crippen LogP contribution in [0.5, 0.6) is 0 Å². The van der Waals surface area contributed by atoms with E-state index in [-0.39, 0.29) is 0 Å². The Morgan fingerprint density at radius 3 is 2.48 bits per heavy atom. The van der Waals surface area contributed by atoms with Crippen molar-refractivity contribution < 1.29 is 9.47 Å². The van der Waals surface area contributed by atoms with E-state index in [4.69, 9.17) is 9.47 Å². The molecule has 1 unspecified atom stereocenters. The van der Waals surface area contributed by atoms with Gasteiger partial charge in [-0.3, -0.25) is 0 Å². The number of para-hydroxylation sites is 1. The first-order chi connectivity index (χ1) is 10.2. The van der Waals surface area contributed by atoms with Gasteiger partial charge in [-0.25, -0.2) is 0 Å². The summed E-state index contributed by atoms with van der Waals surface area (Å²) in [6.45, 7) is 8.72. The van der Waals surface area contributed by atoms with Crippen molar-refractivity contribution in [3.63, 3.8) is 0 Å². The largest absolute Gasteiger partial charge is 0.385 e. The van der Waals surface area contributed by atoms with Gasteiger partial charge in [-0.05, 0) is 31.5 Å². The fraction of sp³-hybridized carbons (Fsp3) is 0.647. The minimum atomic E-state index is 0.346. The molecule has 1 atom stereocenters. The Morgan fingerprint density at radius 2 is 1.81 bits per heavy atom. The molecular formula is C17H30N2O2. The van der Waals surface area contributed by atoms with Crippen LogP contribution in [0.1, 0.15) is 31.9 Å². The molecule has 0 fully saturated rings. The van der Waals surface area contributed by atoms with Crippen LogP contribution in [0.3, 0.4) is 0 Å². The molecule has 0 aliphatic carbocycles. The SMILES string of the molecule is CCNC(C)c1ccccc1N(CCCOC)CCOC. The van der Waals surface area contributed by atoms with E-state index in [2.05, 4.69) is 48.3 Å². The molecule has 1 N–H and O–H groups in total. The van der Waals surface area contributed by atoms with Crippen LogP contribution in [0.4, 0.5) is 5.69 Å². The van der Waals surface area contributed by atoms with Gasteiger partial charge in [0.25, 0.3) is 0 Å². The normalized spacial score (nSPS) is 12.4. The van der Waals surface area contributed by atoms with Crippen molar-refractivity contribution in [1.29, 1.82) is 0 Å². The van der Waals surface area contributed by atoms with E-state index >= 15 is 0 Å². The Hall–Kier alpha value is -1.10. The monoisotopic (exact) mass is 294 g/mol. The number of rotatable bonds is 11. The van der Waals surface area contributed by atoms with E-state index in [1.165, 1.54) is 11.3 Å². The number of methoxy groups -OCH3 is 2. The molecular weight excluding hydrogens is 264 g/mol. The zero-order valence-corrected chi connectivity index (χ0v) is 13.9. The zero-order chi connectivity index (χ0) is 15.5. The summed E-state index contributed by atoms with van der Waals surface area (Å²) < 4.78 is 10.4. The van der Waals surface area contributed by atoms with Crippen LogP contribution in [-0.4, -0.2) is 47.1 Å². The van der Waals surface area contributed by atoms with Gasteiger partial charge in [0.1, 0.15) is 0 Å². The van der Waals surface area contributed by atoms with Crippen LogP contribution in [0, 0.1) is 0 Å². The molecule has 4 heteroatoms. The molecule has 0 saturated carbocycles. The topological polar surface area (TPSA) is 33.7 Å². The molecule has 0 aliphatic heterocycles. The van der Waals surface area contributed by atoms with Gasteiger partial charge in [0, 0.05) is 45.6 Å². The highest BCUT2D eigenvalue weighted by Gasteiger charge is 2.14. The quantitative estimate of drug-likeness (QED) is 0.636. The summed E-state index contributed by atoms with van der Waals surface area (Å²) in [6, 6.07) is 8.97. The molecule has 1 aromatic rings. The molecule has 0 heterocycles. The van der Waals surface area contributed by atoms with Gasteiger partial charge in [0.05, 0.1) is 6.61 Å². The van der Waals surface area contributed by atoms with Crippen LogP contribution in [-0.2, 0) is 9.47 Å². The molecule has 1 aromatic carbocycles. The molecule has 1 rings (SSSR count). The number of benzene rings is 1. The number of hydrogen-bond acceptors (Lipinski definition) is 4. The van der Waals surface area contributed by atoms with E-state index in [0.717, 1.165) is 39.3 Å². The summed E-state index contributed by atoms with van der Waals surface area (Å²) in [5.41, 5.74) is 2.63. The van der Waals surface area contributed by atoms with Gasteiger partial charge in [0.2, 0.25) is 0 Å². The fourth-order valence-electron chi connectivity index (χ4n) is 2.51. The van der Waals surface area contributed by atoms with Crippen molar-refractivity contribution in [3.8, 4) is 0 Å². The molecule has 0 saturated heterocycles. The molecule has 0 radical (unpaired) electrons. The average molecular weight is 294 g/mol. The van der Waals surface area contributed by atoms with E-state index in [0.29, 0.717) is 6.04 Å². The standard InChI is InChI=1S/C17H30N2O2/c1-5-18-15(2)16-9-6-7-10-17(16)19(12-14-21-4)11-8-13-20-3/h6-7,9-10,15,18H,5,8,11-14H2,1-4H3. The van der Waals surface area contributed by atoms with Gasteiger partial charge in [-0.2, -0.15) is 0 Å². The third-order valence-corrected chi connectivity index (χ3v) is 3.60. The molecule has 4 nitrogen and oxygen atoms in total. The van der Waals surface area contributed by atoms with Crippen molar-refractivity contribution in [2.24, 2.45) is 0 Å². The molecule has 21 heavy (non-hydrogen) atoms. The minimum Gasteiger partial charge on any atom is -0.385 e. The minimum absolute atomic E-state index is 0.346. The van der Waals surface area contributed by atoms with Crippen molar-refractivity contribution in [3.05, 3.63) is 29.8 Å². The van der Waals surface area contributed by atoms with Crippen molar-refractivity contribution in [2.45, 2.75) is 26.3 Å². The predicted molar refractivity (Wildman–Crippen MR) is 89.1 cm³/mol. The van der Waals surface area contributed by atoms with Crippen LogP contribution < -0.4 is 10.2 Å². The summed E-state index contributed by atoms with van der Waals surface area (Å²) >= 11 is 0.